The van der Waals surface area contributed by atoms with Crippen molar-refractivity contribution in [1.82, 2.24) is 39.2 Å². The van der Waals surface area contributed by atoms with Gasteiger partial charge in [0.15, 0.2) is 11.6 Å². The molecule has 15 heteroatoms. The maximum atomic E-state index is 12.9. The van der Waals surface area contributed by atoms with Gasteiger partial charge in [0.25, 0.3) is 17.7 Å². The molecule has 0 saturated heterocycles. The van der Waals surface area contributed by atoms with Gasteiger partial charge in [0.1, 0.15) is 5.69 Å². The van der Waals surface area contributed by atoms with Gasteiger partial charge in [0.05, 0.1) is 5.69 Å². The quantitative estimate of drug-likeness (QED) is 0.269. The number of carbonyl (C=O) groups excluding carboxylic acids is 4. The van der Waals surface area contributed by atoms with Crippen LogP contribution in [0.2, 0.25) is 0 Å². The number of imidazole rings is 2. The standard InChI is InChI=1S/C22H31N11O4/c1-23-22(37)29-16-12-33(6)18(27-16)21(36)25-13-9-14(31(4)10-13)19(34)28-15-11-32(5)17(26-15)20(35)24-7-8-30(2)3/h9-12H,7-8H2,1-6H3,(H,24,35)(H,25,36)(H,28,34)(H2,23,29,37). The highest BCUT2D eigenvalue weighted by Crippen LogP contribution is 2.17. The van der Waals surface area contributed by atoms with E-state index in [4.69, 9.17) is 0 Å². The van der Waals surface area contributed by atoms with E-state index in [2.05, 4.69) is 36.6 Å². The van der Waals surface area contributed by atoms with Crippen molar-refractivity contribution < 1.29 is 19.2 Å². The summed E-state index contributed by atoms with van der Waals surface area (Å²) in [5.41, 5.74) is 0.614. The van der Waals surface area contributed by atoms with E-state index in [9.17, 15) is 19.2 Å². The second-order valence-corrected chi connectivity index (χ2v) is 8.52. The predicted molar refractivity (Wildman–Crippen MR) is 137 cm³/mol. The lowest BCUT2D eigenvalue weighted by atomic mass is 10.3. The average molecular weight is 514 g/mol. The Balaban J connectivity index is 1.65. The Morgan fingerprint density at radius 3 is 2.00 bits per heavy atom. The minimum atomic E-state index is -0.528. The van der Waals surface area contributed by atoms with Crippen LogP contribution in [0.15, 0.2) is 24.7 Å². The van der Waals surface area contributed by atoms with Gasteiger partial charge in [-0.1, -0.05) is 0 Å². The number of likely N-dealkylation sites (N-methyl/N-ethyl adjacent to an activating group) is 1. The first-order valence-electron chi connectivity index (χ1n) is 11.3. The van der Waals surface area contributed by atoms with E-state index in [0.717, 1.165) is 0 Å². The molecular formula is C22H31N11O4. The van der Waals surface area contributed by atoms with E-state index in [-0.39, 0.29) is 34.9 Å². The lowest BCUT2D eigenvalue weighted by Gasteiger charge is -2.09. The van der Waals surface area contributed by atoms with E-state index >= 15 is 0 Å². The van der Waals surface area contributed by atoms with Gasteiger partial charge in [0, 0.05) is 59.9 Å². The van der Waals surface area contributed by atoms with Crippen LogP contribution < -0.4 is 26.6 Å². The summed E-state index contributed by atoms with van der Waals surface area (Å²) in [7, 11) is 10.2. The molecule has 198 valence electrons. The number of carbonyl (C=O) groups is 4. The van der Waals surface area contributed by atoms with E-state index in [1.807, 2.05) is 19.0 Å². The summed E-state index contributed by atoms with van der Waals surface area (Å²) in [4.78, 5) is 59.7. The lowest BCUT2D eigenvalue weighted by Crippen LogP contribution is -2.32. The molecule has 3 rings (SSSR count). The highest BCUT2D eigenvalue weighted by molar-refractivity contribution is 6.06. The Kier molecular flexibility index (Phi) is 8.29. The van der Waals surface area contributed by atoms with Crippen LogP contribution in [0.5, 0.6) is 0 Å². The number of hydrogen-bond acceptors (Lipinski definition) is 7. The van der Waals surface area contributed by atoms with Gasteiger partial charge >= 0.3 is 6.03 Å². The molecule has 5 amide bonds. The van der Waals surface area contributed by atoms with Gasteiger partial charge < -0.3 is 39.9 Å². The zero-order valence-corrected chi connectivity index (χ0v) is 21.5. The lowest BCUT2D eigenvalue weighted by molar-refractivity contribution is 0.0935. The summed E-state index contributed by atoms with van der Waals surface area (Å²) in [5, 5.41) is 13.0. The van der Waals surface area contributed by atoms with Crippen LogP contribution >= 0.6 is 0 Å². The molecule has 0 aliphatic rings. The Hall–Kier alpha value is -4.66. The molecule has 0 bridgehead atoms. The number of aryl methyl sites for hydroxylation is 3. The second kappa shape index (κ2) is 11.4. The topological polar surface area (TPSA) is 172 Å². The molecule has 37 heavy (non-hydrogen) atoms. The molecule has 0 aliphatic carbocycles. The molecule has 0 spiro atoms. The van der Waals surface area contributed by atoms with Crippen LogP contribution in [0.4, 0.5) is 22.1 Å². The third kappa shape index (κ3) is 6.72. The number of nitrogens with one attached hydrogen (secondary N) is 5. The Bertz CT molecular complexity index is 1320. The van der Waals surface area contributed by atoms with Crippen LogP contribution in [0, 0.1) is 0 Å². The molecule has 0 radical (unpaired) electrons. The summed E-state index contributed by atoms with van der Waals surface area (Å²) < 4.78 is 4.53. The number of anilines is 3. The molecule has 0 aliphatic heterocycles. The minimum absolute atomic E-state index is 0.0612. The van der Waals surface area contributed by atoms with Gasteiger partial charge in [-0.25, -0.2) is 14.8 Å². The minimum Gasteiger partial charge on any atom is -0.348 e. The molecule has 3 heterocycles. The second-order valence-electron chi connectivity index (χ2n) is 8.52. The molecule has 0 aromatic carbocycles. The van der Waals surface area contributed by atoms with E-state index in [0.29, 0.717) is 18.8 Å². The van der Waals surface area contributed by atoms with Crippen LogP contribution in [0.25, 0.3) is 0 Å². The average Bonchev–Trinajstić information content (AvgIpc) is 3.49. The molecule has 15 nitrogen and oxygen atoms in total. The molecule has 0 fully saturated rings. The van der Waals surface area contributed by atoms with E-state index in [1.54, 1.807) is 31.9 Å². The molecule has 3 aromatic heterocycles. The molecule has 3 aromatic rings. The largest absolute Gasteiger partial charge is 0.348 e. The summed E-state index contributed by atoms with van der Waals surface area (Å²) in [6.45, 7) is 1.14. The first kappa shape index (κ1) is 26.9. The number of nitrogens with zero attached hydrogens (tertiary/aromatic N) is 6. The maximum Gasteiger partial charge on any atom is 0.320 e. The Morgan fingerprint density at radius 2 is 1.41 bits per heavy atom. The smallest absolute Gasteiger partial charge is 0.320 e. The Morgan fingerprint density at radius 1 is 0.811 bits per heavy atom. The number of aromatic nitrogens is 5. The van der Waals surface area contributed by atoms with Gasteiger partial charge in [-0.2, -0.15) is 0 Å². The first-order chi connectivity index (χ1) is 17.5. The van der Waals surface area contributed by atoms with Crippen LogP contribution in [0.3, 0.4) is 0 Å². The zero-order chi connectivity index (χ0) is 27.3. The monoisotopic (exact) mass is 513 g/mol. The van der Waals surface area contributed by atoms with Crippen molar-refractivity contribution in [1.29, 1.82) is 0 Å². The summed E-state index contributed by atoms with van der Waals surface area (Å²) in [6, 6.07) is 1.03. The third-order valence-corrected chi connectivity index (χ3v) is 5.21. The Labute approximate surface area is 213 Å². The first-order valence-corrected chi connectivity index (χ1v) is 11.3. The van der Waals surface area contributed by atoms with Gasteiger partial charge in [0.2, 0.25) is 11.6 Å². The van der Waals surface area contributed by atoms with Crippen LogP contribution in [0.1, 0.15) is 31.7 Å². The molecule has 5 N–H and O–H groups in total. The summed E-state index contributed by atoms with van der Waals surface area (Å²) in [6.07, 6.45) is 4.61. The zero-order valence-electron chi connectivity index (χ0n) is 21.5. The molecule has 0 saturated carbocycles. The predicted octanol–water partition coefficient (Wildman–Crippen LogP) is 0.0394. The number of amides is 5. The van der Waals surface area contributed by atoms with Crippen LogP contribution in [-0.2, 0) is 21.1 Å². The highest BCUT2D eigenvalue weighted by atomic mass is 16.2. The SMILES string of the molecule is CNC(=O)Nc1cn(C)c(C(=O)Nc2cc(C(=O)Nc3cn(C)c(C(=O)NCCN(C)C)n3)n(C)c2)n1. The summed E-state index contributed by atoms with van der Waals surface area (Å²) >= 11 is 0. The van der Waals surface area contributed by atoms with Crippen molar-refractivity contribution in [3.63, 3.8) is 0 Å². The number of urea groups is 1. The normalized spacial score (nSPS) is 10.8. The van der Waals surface area contributed by atoms with E-state index < -0.39 is 17.8 Å². The van der Waals surface area contributed by atoms with Crippen LogP contribution in [-0.4, -0.2) is 86.6 Å². The van der Waals surface area contributed by atoms with Gasteiger partial charge in [-0.3, -0.25) is 19.7 Å². The van der Waals surface area contributed by atoms with Gasteiger partial charge in [-0.05, 0) is 20.2 Å². The maximum absolute atomic E-state index is 12.9. The van der Waals surface area contributed by atoms with E-state index in [1.165, 1.54) is 34.6 Å². The molecular weight excluding hydrogens is 482 g/mol. The fourth-order valence-corrected chi connectivity index (χ4v) is 3.35. The highest BCUT2D eigenvalue weighted by Gasteiger charge is 2.20. The van der Waals surface area contributed by atoms with Crippen molar-refractivity contribution in [2.45, 2.75) is 0 Å². The van der Waals surface area contributed by atoms with Crippen molar-refractivity contribution >= 4 is 41.1 Å². The van der Waals surface area contributed by atoms with Crippen molar-refractivity contribution in [2.24, 2.45) is 21.1 Å². The van der Waals surface area contributed by atoms with Crippen molar-refractivity contribution in [2.75, 3.05) is 50.2 Å². The fraction of sp³-hybridized carbons (Fsp3) is 0.364. The summed E-state index contributed by atoms with van der Waals surface area (Å²) in [5.74, 6) is -0.714. The third-order valence-electron chi connectivity index (χ3n) is 5.21. The molecule has 0 unspecified atom stereocenters. The number of hydrogen-bond donors (Lipinski definition) is 5. The molecule has 0 atom stereocenters. The van der Waals surface area contributed by atoms with Gasteiger partial charge in [-0.15, -0.1) is 0 Å². The van der Waals surface area contributed by atoms with Crippen molar-refractivity contribution in [3.8, 4) is 0 Å². The van der Waals surface area contributed by atoms with Crippen molar-refractivity contribution in [3.05, 3.63) is 42.0 Å². The fourth-order valence-electron chi connectivity index (χ4n) is 3.35. The number of rotatable bonds is 9.